The molecule has 3 rings (SSSR count). The van der Waals surface area contributed by atoms with E-state index in [0.717, 1.165) is 53.9 Å². The van der Waals surface area contributed by atoms with Crippen molar-refractivity contribution in [1.82, 2.24) is 0 Å². The van der Waals surface area contributed by atoms with Crippen LogP contribution < -0.4 is 0 Å². The van der Waals surface area contributed by atoms with E-state index in [4.69, 9.17) is 0 Å². The number of carbonyl (C=O) groups excluding carboxylic acids is 2. The summed E-state index contributed by atoms with van der Waals surface area (Å²) < 4.78 is 11.6. The van der Waals surface area contributed by atoms with Crippen LogP contribution in [0.4, 0.5) is 0 Å². The van der Waals surface area contributed by atoms with Crippen LogP contribution in [0.25, 0.3) is 0 Å². The molecule has 0 radical (unpaired) electrons. The van der Waals surface area contributed by atoms with Crippen LogP contribution in [0.2, 0.25) is 0 Å². The first-order chi connectivity index (χ1) is 12.4. The summed E-state index contributed by atoms with van der Waals surface area (Å²) in [5.41, 5.74) is 4.50. The van der Waals surface area contributed by atoms with Crippen molar-refractivity contribution >= 4 is 22.4 Å². The average molecular weight is 375 g/mol. The van der Waals surface area contributed by atoms with Gasteiger partial charge in [0.25, 0.3) is 0 Å². The molecule has 3 nitrogen and oxygen atoms in total. The van der Waals surface area contributed by atoms with Crippen LogP contribution in [-0.2, 0) is 33.2 Å². The van der Waals surface area contributed by atoms with Crippen molar-refractivity contribution in [1.29, 1.82) is 0 Å². The van der Waals surface area contributed by atoms with E-state index in [9.17, 15) is 13.8 Å². The molecule has 26 heavy (non-hydrogen) atoms. The molecule has 142 valence electrons. The predicted octanol–water partition coefficient (Wildman–Crippen LogP) is 3.91. The van der Waals surface area contributed by atoms with Crippen molar-refractivity contribution in [2.24, 2.45) is 11.8 Å². The molecular weight excluding hydrogens is 344 g/mol. The minimum atomic E-state index is -0.700. The van der Waals surface area contributed by atoms with E-state index in [0.29, 0.717) is 18.8 Å². The molecule has 1 aromatic carbocycles. The maximum Gasteiger partial charge on any atom is 0.148 e. The van der Waals surface area contributed by atoms with E-state index in [-0.39, 0.29) is 17.5 Å². The Hall–Kier alpha value is -1.29. The number of ketones is 2. The van der Waals surface area contributed by atoms with Gasteiger partial charge in [-0.25, -0.2) is 0 Å². The Morgan fingerprint density at radius 2 is 1.42 bits per heavy atom. The number of hydrogen-bond acceptors (Lipinski definition) is 3. The van der Waals surface area contributed by atoms with Crippen molar-refractivity contribution in [2.45, 2.75) is 65.2 Å². The second kappa shape index (κ2) is 8.16. The van der Waals surface area contributed by atoms with Crippen molar-refractivity contribution in [2.75, 3.05) is 11.5 Å². The third kappa shape index (κ3) is 3.85. The Morgan fingerprint density at radius 1 is 0.923 bits per heavy atom. The zero-order valence-electron chi connectivity index (χ0n) is 16.2. The Labute approximate surface area is 159 Å². The maximum absolute atomic E-state index is 13.1. The standard InChI is InChI=1S/C22H30O3S/c1-4-15-10-14(3)11-16(5-2)21(15)22-19(23)12-18(13-20(22)24)17-6-8-26(25)9-7-17/h10-11,17-18,22H,4-9,12-13H2,1-3H3. The van der Waals surface area contributed by atoms with Crippen molar-refractivity contribution < 1.29 is 13.8 Å². The molecule has 1 aromatic rings. The minimum absolute atomic E-state index is 0.103. The first-order valence-corrected chi connectivity index (χ1v) is 11.5. The molecule has 2 aliphatic rings. The van der Waals surface area contributed by atoms with Gasteiger partial charge in [0.05, 0.1) is 0 Å². The Morgan fingerprint density at radius 3 is 1.88 bits per heavy atom. The van der Waals surface area contributed by atoms with Crippen molar-refractivity contribution in [3.05, 3.63) is 34.4 Å². The number of carbonyl (C=O) groups is 2. The van der Waals surface area contributed by atoms with E-state index in [2.05, 4.69) is 32.9 Å². The topological polar surface area (TPSA) is 51.2 Å². The van der Waals surface area contributed by atoms with Gasteiger partial charge in [-0.2, -0.15) is 0 Å². The van der Waals surface area contributed by atoms with E-state index in [1.165, 1.54) is 5.56 Å². The fourth-order valence-corrected chi connectivity index (χ4v) is 6.19. The fourth-order valence-electron chi connectivity index (χ4n) is 4.85. The molecule has 0 aromatic heterocycles. The van der Waals surface area contributed by atoms with Gasteiger partial charge >= 0.3 is 0 Å². The molecule has 1 saturated carbocycles. The Balaban J connectivity index is 1.86. The van der Waals surface area contributed by atoms with Crippen LogP contribution in [0.5, 0.6) is 0 Å². The molecule has 1 saturated heterocycles. The van der Waals surface area contributed by atoms with Gasteiger partial charge in [0, 0.05) is 35.1 Å². The van der Waals surface area contributed by atoms with E-state index in [1.807, 2.05) is 0 Å². The molecule has 2 fully saturated rings. The van der Waals surface area contributed by atoms with Crippen molar-refractivity contribution in [3.63, 3.8) is 0 Å². The summed E-state index contributed by atoms with van der Waals surface area (Å²) in [5, 5.41) is 0. The third-order valence-electron chi connectivity index (χ3n) is 6.22. The highest BCUT2D eigenvalue weighted by molar-refractivity contribution is 7.85. The van der Waals surface area contributed by atoms with E-state index >= 15 is 0 Å². The van der Waals surface area contributed by atoms with Gasteiger partial charge in [0.2, 0.25) is 0 Å². The van der Waals surface area contributed by atoms with Crippen LogP contribution in [0, 0.1) is 18.8 Å². The van der Waals surface area contributed by atoms with Gasteiger partial charge in [0.1, 0.15) is 17.5 Å². The van der Waals surface area contributed by atoms with Crippen LogP contribution in [0.3, 0.4) is 0 Å². The SMILES string of the molecule is CCc1cc(C)cc(CC)c1C1C(=O)CC(C2CCS(=O)CC2)CC1=O. The molecule has 0 N–H and O–H groups in total. The predicted molar refractivity (Wildman–Crippen MR) is 106 cm³/mol. The Kier molecular flexibility index (Phi) is 6.11. The first kappa shape index (κ1) is 19.5. The second-order valence-electron chi connectivity index (χ2n) is 7.92. The van der Waals surface area contributed by atoms with Gasteiger partial charge in [-0.15, -0.1) is 0 Å². The van der Waals surface area contributed by atoms with Gasteiger partial charge in [-0.3, -0.25) is 13.8 Å². The highest BCUT2D eigenvalue weighted by Gasteiger charge is 2.41. The monoisotopic (exact) mass is 374 g/mol. The van der Waals surface area contributed by atoms with Gasteiger partial charge < -0.3 is 0 Å². The number of hydrogen-bond donors (Lipinski definition) is 0. The molecule has 1 aliphatic heterocycles. The summed E-state index contributed by atoms with van der Waals surface area (Å²) in [7, 11) is -0.700. The van der Waals surface area contributed by atoms with E-state index in [1.54, 1.807) is 0 Å². The van der Waals surface area contributed by atoms with Crippen LogP contribution in [0.15, 0.2) is 12.1 Å². The van der Waals surface area contributed by atoms with Gasteiger partial charge in [-0.05, 0) is 61.1 Å². The highest BCUT2D eigenvalue weighted by atomic mass is 32.2. The number of benzene rings is 1. The van der Waals surface area contributed by atoms with Crippen molar-refractivity contribution in [3.8, 4) is 0 Å². The van der Waals surface area contributed by atoms with Gasteiger partial charge in [0.15, 0.2) is 0 Å². The summed E-state index contributed by atoms with van der Waals surface area (Å²) >= 11 is 0. The Bertz CT molecular complexity index is 684. The molecule has 0 bridgehead atoms. The number of aryl methyl sites for hydroxylation is 3. The molecular formula is C22H30O3S. The molecule has 0 unspecified atom stereocenters. The second-order valence-corrected chi connectivity index (χ2v) is 9.62. The lowest BCUT2D eigenvalue weighted by molar-refractivity contribution is -0.134. The first-order valence-electron chi connectivity index (χ1n) is 9.97. The lowest BCUT2D eigenvalue weighted by Gasteiger charge is -2.35. The molecule has 1 aliphatic carbocycles. The number of rotatable bonds is 4. The summed E-state index contributed by atoms with van der Waals surface area (Å²) in [6.45, 7) is 6.27. The molecule has 0 amide bonds. The summed E-state index contributed by atoms with van der Waals surface area (Å²) in [4.78, 5) is 26.1. The third-order valence-corrected chi connectivity index (χ3v) is 7.60. The van der Waals surface area contributed by atoms with Crippen LogP contribution in [0.1, 0.15) is 67.7 Å². The van der Waals surface area contributed by atoms with Crippen LogP contribution in [-0.4, -0.2) is 27.3 Å². The number of Topliss-reactive ketones (excluding diaryl/α,β-unsaturated/α-hetero) is 2. The molecule has 0 spiro atoms. The largest absolute Gasteiger partial charge is 0.299 e. The lowest BCUT2D eigenvalue weighted by Crippen LogP contribution is -2.37. The van der Waals surface area contributed by atoms with Gasteiger partial charge in [-0.1, -0.05) is 31.5 Å². The smallest absolute Gasteiger partial charge is 0.148 e. The summed E-state index contributed by atoms with van der Waals surface area (Å²) in [5.74, 6) is 1.64. The van der Waals surface area contributed by atoms with E-state index < -0.39 is 16.7 Å². The lowest BCUT2D eigenvalue weighted by atomic mass is 9.69. The quantitative estimate of drug-likeness (QED) is 0.751. The maximum atomic E-state index is 13.1. The molecule has 4 heteroatoms. The average Bonchev–Trinajstić information content (AvgIpc) is 2.62. The zero-order valence-corrected chi connectivity index (χ0v) is 17.0. The fraction of sp³-hybridized carbons (Fsp3) is 0.636. The minimum Gasteiger partial charge on any atom is -0.299 e. The molecule has 1 heterocycles. The zero-order chi connectivity index (χ0) is 18.8. The molecule has 0 atom stereocenters. The summed E-state index contributed by atoms with van der Waals surface area (Å²) in [6, 6.07) is 4.27. The normalized spacial score (nSPS) is 29.8. The van der Waals surface area contributed by atoms with Crippen LogP contribution >= 0.6 is 0 Å². The summed E-state index contributed by atoms with van der Waals surface area (Å²) in [6.07, 6.45) is 4.50. The highest BCUT2D eigenvalue weighted by Crippen LogP contribution is 2.40.